The Hall–Kier alpha value is -2.87. The van der Waals surface area contributed by atoms with Crippen LogP contribution in [0.2, 0.25) is 0 Å². The van der Waals surface area contributed by atoms with Crippen LogP contribution >= 0.6 is 0 Å². The Balaban J connectivity index is 1.54. The molecule has 2 aromatic heterocycles. The molecule has 1 aromatic carbocycles. The van der Waals surface area contributed by atoms with Crippen molar-refractivity contribution in [3.8, 4) is 0 Å². The summed E-state index contributed by atoms with van der Waals surface area (Å²) in [7, 11) is 5.82. The molecule has 25 heavy (non-hydrogen) atoms. The summed E-state index contributed by atoms with van der Waals surface area (Å²) in [5.41, 5.74) is 2.54. The highest BCUT2D eigenvalue weighted by molar-refractivity contribution is 6.30. The van der Waals surface area contributed by atoms with Crippen molar-refractivity contribution >= 4 is 36.5 Å². The van der Waals surface area contributed by atoms with E-state index in [4.69, 9.17) is 12.6 Å². The maximum atomic E-state index is 12.5. The number of hydrogen-bond acceptors (Lipinski definition) is 5. The van der Waals surface area contributed by atoms with Gasteiger partial charge in [-0.2, -0.15) is 0 Å². The van der Waals surface area contributed by atoms with Gasteiger partial charge in [-0.25, -0.2) is 9.97 Å². The third-order valence-electron chi connectivity index (χ3n) is 4.09. The van der Waals surface area contributed by atoms with Crippen LogP contribution in [0.15, 0.2) is 42.9 Å². The lowest BCUT2D eigenvalue weighted by Crippen LogP contribution is -2.40. The van der Waals surface area contributed by atoms with Crippen molar-refractivity contribution in [2.75, 3.05) is 31.6 Å². The fraction of sp³-hybridized carbons (Fsp3) is 0.235. The number of carbonyl (C=O) groups is 1. The molecule has 2 radical (unpaired) electrons. The van der Waals surface area contributed by atoms with Crippen LogP contribution in [0.25, 0.3) is 5.65 Å². The quantitative estimate of drug-likeness (QED) is 0.716. The van der Waals surface area contributed by atoms with Crippen LogP contribution in [0.4, 0.5) is 11.5 Å². The molecule has 0 bridgehead atoms. The molecular weight excluding hydrogens is 317 g/mol. The van der Waals surface area contributed by atoms with E-state index < -0.39 is 0 Å². The molecule has 0 spiro atoms. The van der Waals surface area contributed by atoms with Crippen molar-refractivity contribution in [1.29, 1.82) is 0 Å². The normalized spacial score (nSPS) is 14.6. The van der Waals surface area contributed by atoms with Crippen molar-refractivity contribution in [2.45, 2.75) is 0 Å². The van der Waals surface area contributed by atoms with Gasteiger partial charge in [-0.15, -0.1) is 0 Å². The molecule has 1 N–H and O–H groups in total. The number of amides is 1. The predicted molar refractivity (Wildman–Crippen MR) is 94.8 cm³/mol. The summed E-state index contributed by atoms with van der Waals surface area (Å²) < 4.78 is 7.09. The van der Waals surface area contributed by atoms with Gasteiger partial charge in [0.2, 0.25) is 0 Å². The number of fused-ring (bicyclic) bond motifs is 1. The lowest BCUT2D eigenvalue weighted by atomic mass is 10.1. The number of aromatic nitrogens is 3. The van der Waals surface area contributed by atoms with Crippen molar-refractivity contribution in [3.63, 3.8) is 0 Å². The number of imidazole rings is 1. The molecule has 1 fully saturated rings. The van der Waals surface area contributed by atoms with Crippen molar-refractivity contribution < 1.29 is 9.53 Å². The Labute approximate surface area is 146 Å². The molecule has 1 amide bonds. The van der Waals surface area contributed by atoms with Gasteiger partial charge in [0.25, 0.3) is 5.91 Å². The zero-order valence-electron chi connectivity index (χ0n) is 13.6. The van der Waals surface area contributed by atoms with Gasteiger partial charge in [0.05, 0.1) is 13.2 Å². The summed E-state index contributed by atoms with van der Waals surface area (Å²) in [5, 5.41) is 3.20. The second-order valence-corrected chi connectivity index (χ2v) is 5.78. The van der Waals surface area contributed by atoms with E-state index in [0.29, 0.717) is 48.9 Å². The smallest absolute Gasteiger partial charge is 0.254 e. The molecule has 0 atom stereocenters. The van der Waals surface area contributed by atoms with Gasteiger partial charge in [-0.3, -0.25) is 4.79 Å². The second-order valence-electron chi connectivity index (χ2n) is 5.78. The number of rotatable bonds is 3. The highest BCUT2D eigenvalue weighted by Gasteiger charge is 2.18. The summed E-state index contributed by atoms with van der Waals surface area (Å²) in [6.07, 6.45) is 5.20. The summed E-state index contributed by atoms with van der Waals surface area (Å²) in [6, 6.07) is 7.29. The van der Waals surface area contributed by atoms with E-state index >= 15 is 0 Å². The minimum atomic E-state index is 0.0209. The monoisotopic (exact) mass is 333 g/mol. The van der Waals surface area contributed by atoms with Gasteiger partial charge in [-0.05, 0) is 24.3 Å². The average Bonchev–Trinajstić information content (AvgIpc) is 3.11. The second kappa shape index (κ2) is 6.56. The Morgan fingerprint density at radius 3 is 2.72 bits per heavy atom. The molecule has 0 unspecified atom stereocenters. The zero-order chi connectivity index (χ0) is 17.2. The third-order valence-corrected chi connectivity index (χ3v) is 4.09. The van der Waals surface area contributed by atoms with E-state index in [9.17, 15) is 4.79 Å². The van der Waals surface area contributed by atoms with Crippen LogP contribution in [0.1, 0.15) is 10.4 Å². The first kappa shape index (κ1) is 15.7. The summed E-state index contributed by atoms with van der Waals surface area (Å²) >= 11 is 0. The summed E-state index contributed by atoms with van der Waals surface area (Å²) in [6.45, 7) is 2.44. The fourth-order valence-electron chi connectivity index (χ4n) is 2.82. The maximum Gasteiger partial charge on any atom is 0.254 e. The highest BCUT2D eigenvalue weighted by atomic mass is 16.5. The number of morpholine rings is 1. The fourth-order valence-corrected chi connectivity index (χ4v) is 2.82. The van der Waals surface area contributed by atoms with Crippen LogP contribution < -0.4 is 10.9 Å². The Bertz CT molecular complexity index is 903. The largest absolute Gasteiger partial charge is 0.378 e. The van der Waals surface area contributed by atoms with Crippen molar-refractivity contribution in [1.82, 2.24) is 19.3 Å². The highest BCUT2D eigenvalue weighted by Crippen LogP contribution is 2.19. The number of nitrogens with zero attached hydrogens (tertiary/aromatic N) is 4. The third kappa shape index (κ3) is 3.21. The van der Waals surface area contributed by atoms with Crippen molar-refractivity contribution in [2.24, 2.45) is 0 Å². The Morgan fingerprint density at radius 2 is 1.96 bits per heavy atom. The molecule has 8 heteroatoms. The Kier molecular flexibility index (Phi) is 4.11. The molecular formula is C17H16BN5O2. The van der Waals surface area contributed by atoms with Crippen LogP contribution in [0.3, 0.4) is 0 Å². The molecule has 124 valence electrons. The van der Waals surface area contributed by atoms with Gasteiger partial charge >= 0.3 is 0 Å². The number of ether oxygens (including phenoxy) is 1. The SMILES string of the molecule is [B]c1cn2ccnc2c(Nc2ccc(C(=O)N3CCOCC3)cc2)n1. The minimum Gasteiger partial charge on any atom is -0.378 e. The molecule has 7 nitrogen and oxygen atoms in total. The molecule has 0 aliphatic carbocycles. The maximum absolute atomic E-state index is 12.5. The first-order valence-corrected chi connectivity index (χ1v) is 8.04. The van der Waals surface area contributed by atoms with Gasteiger partial charge in [0.1, 0.15) is 7.85 Å². The van der Waals surface area contributed by atoms with E-state index in [0.717, 1.165) is 5.69 Å². The van der Waals surface area contributed by atoms with Gasteiger partial charge < -0.3 is 19.4 Å². The van der Waals surface area contributed by atoms with Gasteiger partial charge in [-0.1, -0.05) is 0 Å². The molecule has 4 rings (SSSR count). The number of nitrogens with one attached hydrogen (secondary N) is 1. The zero-order valence-corrected chi connectivity index (χ0v) is 13.6. The van der Waals surface area contributed by atoms with E-state index in [2.05, 4.69) is 15.3 Å². The minimum absolute atomic E-state index is 0.0209. The molecule has 1 saturated heterocycles. The summed E-state index contributed by atoms with van der Waals surface area (Å²) in [4.78, 5) is 22.8. The lowest BCUT2D eigenvalue weighted by Gasteiger charge is -2.26. The van der Waals surface area contributed by atoms with E-state index in [-0.39, 0.29) is 5.91 Å². The van der Waals surface area contributed by atoms with Crippen LogP contribution in [0.5, 0.6) is 0 Å². The van der Waals surface area contributed by atoms with Crippen LogP contribution in [-0.4, -0.2) is 59.3 Å². The Morgan fingerprint density at radius 1 is 1.20 bits per heavy atom. The lowest BCUT2D eigenvalue weighted by molar-refractivity contribution is 0.0303. The average molecular weight is 333 g/mol. The number of carbonyl (C=O) groups excluding carboxylic acids is 1. The number of hydrogen-bond donors (Lipinski definition) is 1. The molecule has 1 aliphatic rings. The predicted octanol–water partition coefficient (Wildman–Crippen LogP) is 0.739. The van der Waals surface area contributed by atoms with Crippen LogP contribution in [-0.2, 0) is 4.74 Å². The number of anilines is 2. The van der Waals surface area contributed by atoms with E-state index in [1.54, 1.807) is 33.8 Å². The standard InChI is InChI=1S/C17H16BN5O2/c18-14-11-23-6-5-19-16(23)15(21-14)20-13-3-1-12(2-4-13)17(24)22-7-9-25-10-8-22/h1-6,11H,7-10H2,(H,20,21). The van der Waals surface area contributed by atoms with E-state index in [1.807, 2.05) is 18.3 Å². The molecule has 3 heterocycles. The van der Waals surface area contributed by atoms with Gasteiger partial charge in [0, 0.05) is 48.5 Å². The summed E-state index contributed by atoms with van der Waals surface area (Å²) in [5.74, 6) is 0.588. The van der Waals surface area contributed by atoms with Crippen LogP contribution in [0, 0.1) is 0 Å². The first-order valence-electron chi connectivity index (χ1n) is 8.04. The topological polar surface area (TPSA) is 71.8 Å². The molecule has 3 aromatic rings. The molecule has 0 saturated carbocycles. The van der Waals surface area contributed by atoms with Crippen molar-refractivity contribution in [3.05, 3.63) is 48.4 Å². The molecule has 1 aliphatic heterocycles. The van der Waals surface area contributed by atoms with E-state index in [1.165, 1.54) is 0 Å². The first-order chi connectivity index (χ1) is 12.2. The number of benzene rings is 1. The van der Waals surface area contributed by atoms with Gasteiger partial charge in [0.15, 0.2) is 11.5 Å².